The van der Waals surface area contributed by atoms with Crippen LogP contribution in [0.3, 0.4) is 0 Å². The molecular weight excluding hydrogens is 264 g/mol. The lowest BCUT2D eigenvalue weighted by Crippen LogP contribution is -2.38. The van der Waals surface area contributed by atoms with Crippen LogP contribution >= 0.6 is 11.3 Å². The second-order valence-corrected chi connectivity index (χ2v) is 8.40. The maximum atomic E-state index is 4.71. The SMILES string of the molecule is CCC(C)N[C@H]1CC[C@H](c2ncc(C(C)(C)C)s2)CC1. The third-order valence-electron chi connectivity index (χ3n) is 4.47. The molecule has 0 saturated heterocycles. The maximum absolute atomic E-state index is 4.71. The molecule has 0 bridgehead atoms. The molecule has 1 fully saturated rings. The largest absolute Gasteiger partial charge is 0.312 e. The molecule has 0 aliphatic heterocycles. The topological polar surface area (TPSA) is 24.9 Å². The Kier molecular flexibility index (Phi) is 5.25. The molecule has 2 nitrogen and oxygen atoms in total. The van der Waals surface area contributed by atoms with E-state index in [1.165, 1.54) is 42.0 Å². The van der Waals surface area contributed by atoms with Gasteiger partial charge >= 0.3 is 0 Å². The van der Waals surface area contributed by atoms with Crippen molar-refractivity contribution >= 4 is 11.3 Å². The number of hydrogen-bond donors (Lipinski definition) is 1. The highest BCUT2D eigenvalue weighted by molar-refractivity contribution is 7.11. The Morgan fingerprint density at radius 1 is 1.30 bits per heavy atom. The number of thiazole rings is 1. The number of rotatable bonds is 4. The van der Waals surface area contributed by atoms with Crippen LogP contribution in [0.25, 0.3) is 0 Å². The van der Waals surface area contributed by atoms with Crippen LogP contribution in [0.5, 0.6) is 0 Å². The predicted molar refractivity (Wildman–Crippen MR) is 88.7 cm³/mol. The summed E-state index contributed by atoms with van der Waals surface area (Å²) in [4.78, 5) is 6.13. The number of nitrogens with zero attached hydrogens (tertiary/aromatic N) is 1. The fourth-order valence-corrected chi connectivity index (χ4v) is 4.00. The molecule has 1 aromatic rings. The van der Waals surface area contributed by atoms with Gasteiger partial charge in [0.25, 0.3) is 0 Å². The van der Waals surface area contributed by atoms with Gasteiger partial charge < -0.3 is 5.32 Å². The van der Waals surface area contributed by atoms with Gasteiger partial charge in [-0.2, -0.15) is 0 Å². The average Bonchev–Trinajstić information content (AvgIpc) is 2.89. The smallest absolute Gasteiger partial charge is 0.0958 e. The van der Waals surface area contributed by atoms with E-state index in [1.54, 1.807) is 0 Å². The third kappa shape index (κ3) is 4.05. The number of hydrogen-bond acceptors (Lipinski definition) is 3. The Bertz CT molecular complexity index is 411. The summed E-state index contributed by atoms with van der Waals surface area (Å²) in [6.45, 7) is 11.4. The molecule has 20 heavy (non-hydrogen) atoms. The summed E-state index contributed by atoms with van der Waals surface area (Å²) in [5.74, 6) is 0.700. The van der Waals surface area contributed by atoms with E-state index in [0.717, 1.165) is 6.04 Å². The molecule has 1 aliphatic carbocycles. The molecule has 1 atom stereocenters. The van der Waals surface area contributed by atoms with E-state index in [0.29, 0.717) is 12.0 Å². The average molecular weight is 295 g/mol. The molecule has 0 spiro atoms. The molecule has 1 saturated carbocycles. The summed E-state index contributed by atoms with van der Waals surface area (Å²) in [7, 11) is 0. The normalized spacial score (nSPS) is 25.6. The molecule has 1 aromatic heterocycles. The Hall–Kier alpha value is -0.410. The second-order valence-electron chi connectivity index (χ2n) is 7.34. The number of aromatic nitrogens is 1. The second kappa shape index (κ2) is 6.57. The quantitative estimate of drug-likeness (QED) is 0.858. The molecule has 2 rings (SSSR count). The molecule has 1 unspecified atom stereocenters. The van der Waals surface area contributed by atoms with Gasteiger partial charge in [-0.15, -0.1) is 11.3 Å². The predicted octanol–water partition coefficient (Wildman–Crippen LogP) is 4.85. The van der Waals surface area contributed by atoms with Crippen molar-refractivity contribution in [1.29, 1.82) is 0 Å². The van der Waals surface area contributed by atoms with Gasteiger partial charge in [-0.1, -0.05) is 27.7 Å². The van der Waals surface area contributed by atoms with E-state index in [1.807, 2.05) is 11.3 Å². The molecule has 1 aliphatic rings. The van der Waals surface area contributed by atoms with Gasteiger partial charge in [0.05, 0.1) is 5.01 Å². The van der Waals surface area contributed by atoms with Crippen LogP contribution in [0.2, 0.25) is 0 Å². The fourth-order valence-electron chi connectivity index (χ4n) is 2.85. The first kappa shape index (κ1) is 16.0. The zero-order chi connectivity index (χ0) is 14.8. The van der Waals surface area contributed by atoms with Crippen molar-refractivity contribution in [3.63, 3.8) is 0 Å². The summed E-state index contributed by atoms with van der Waals surface area (Å²) in [6.07, 6.45) is 8.53. The van der Waals surface area contributed by atoms with E-state index in [9.17, 15) is 0 Å². The molecular formula is C17H30N2S. The monoisotopic (exact) mass is 294 g/mol. The highest BCUT2D eigenvalue weighted by Crippen LogP contribution is 2.37. The summed E-state index contributed by atoms with van der Waals surface area (Å²) in [5.41, 5.74) is 0.241. The van der Waals surface area contributed by atoms with Gasteiger partial charge in [0.2, 0.25) is 0 Å². The first-order valence-corrected chi connectivity index (χ1v) is 8.94. The summed E-state index contributed by atoms with van der Waals surface area (Å²) >= 11 is 1.93. The zero-order valence-corrected chi connectivity index (χ0v) is 14.5. The Labute approximate surface area is 128 Å². The van der Waals surface area contributed by atoms with Crippen molar-refractivity contribution in [2.24, 2.45) is 0 Å². The zero-order valence-electron chi connectivity index (χ0n) is 13.7. The first-order valence-electron chi connectivity index (χ1n) is 8.12. The van der Waals surface area contributed by atoms with Gasteiger partial charge in [-0.3, -0.25) is 0 Å². The van der Waals surface area contributed by atoms with Gasteiger partial charge in [-0.05, 0) is 44.4 Å². The Morgan fingerprint density at radius 2 is 1.95 bits per heavy atom. The Balaban J connectivity index is 1.89. The van der Waals surface area contributed by atoms with Gasteiger partial charge in [0.15, 0.2) is 0 Å². The molecule has 0 amide bonds. The molecule has 1 N–H and O–H groups in total. The van der Waals surface area contributed by atoms with Gasteiger partial charge in [-0.25, -0.2) is 4.98 Å². The van der Waals surface area contributed by atoms with Crippen LogP contribution in [-0.2, 0) is 5.41 Å². The lowest BCUT2D eigenvalue weighted by Gasteiger charge is -2.30. The Morgan fingerprint density at radius 3 is 2.45 bits per heavy atom. The van der Waals surface area contributed by atoms with Crippen LogP contribution < -0.4 is 5.32 Å². The van der Waals surface area contributed by atoms with Crippen LogP contribution in [0, 0.1) is 0 Å². The molecule has 1 heterocycles. The van der Waals surface area contributed by atoms with E-state index in [4.69, 9.17) is 4.98 Å². The van der Waals surface area contributed by atoms with E-state index < -0.39 is 0 Å². The molecule has 114 valence electrons. The molecule has 0 aromatic carbocycles. The van der Waals surface area contributed by atoms with Crippen molar-refractivity contribution in [3.8, 4) is 0 Å². The van der Waals surface area contributed by atoms with Crippen molar-refractivity contribution in [1.82, 2.24) is 10.3 Å². The number of nitrogens with one attached hydrogen (secondary N) is 1. The van der Waals surface area contributed by atoms with Crippen LogP contribution in [-0.4, -0.2) is 17.1 Å². The summed E-state index contributed by atoms with van der Waals surface area (Å²) in [6, 6.07) is 1.38. The minimum absolute atomic E-state index is 0.241. The highest BCUT2D eigenvalue weighted by atomic mass is 32.1. The summed E-state index contributed by atoms with van der Waals surface area (Å²) in [5, 5.41) is 5.13. The van der Waals surface area contributed by atoms with Crippen molar-refractivity contribution in [2.45, 2.75) is 90.1 Å². The fraction of sp³-hybridized carbons (Fsp3) is 0.824. The third-order valence-corrected chi connectivity index (χ3v) is 6.06. The van der Waals surface area contributed by atoms with Crippen LogP contribution in [0.1, 0.15) is 82.5 Å². The van der Waals surface area contributed by atoms with Crippen LogP contribution in [0.15, 0.2) is 6.20 Å². The van der Waals surface area contributed by atoms with Crippen molar-refractivity contribution < 1.29 is 0 Å². The maximum Gasteiger partial charge on any atom is 0.0958 e. The van der Waals surface area contributed by atoms with Crippen LogP contribution in [0.4, 0.5) is 0 Å². The lowest BCUT2D eigenvalue weighted by atomic mass is 9.86. The highest BCUT2D eigenvalue weighted by Gasteiger charge is 2.26. The van der Waals surface area contributed by atoms with E-state index >= 15 is 0 Å². The van der Waals surface area contributed by atoms with Gasteiger partial charge in [0.1, 0.15) is 0 Å². The first-order chi connectivity index (χ1) is 9.40. The van der Waals surface area contributed by atoms with Gasteiger partial charge in [0, 0.05) is 29.1 Å². The van der Waals surface area contributed by atoms with Crippen molar-refractivity contribution in [3.05, 3.63) is 16.1 Å². The molecule has 0 radical (unpaired) electrons. The van der Waals surface area contributed by atoms with E-state index in [2.05, 4.69) is 46.1 Å². The molecule has 3 heteroatoms. The van der Waals surface area contributed by atoms with E-state index in [-0.39, 0.29) is 5.41 Å². The summed E-state index contributed by atoms with van der Waals surface area (Å²) < 4.78 is 0. The minimum Gasteiger partial charge on any atom is -0.312 e. The lowest BCUT2D eigenvalue weighted by molar-refractivity contribution is 0.317. The van der Waals surface area contributed by atoms with Crippen molar-refractivity contribution in [2.75, 3.05) is 0 Å². The standard InChI is InChI=1S/C17H30N2S/c1-6-12(2)19-14-9-7-13(8-10-14)16-18-11-15(20-16)17(3,4)5/h11-14,19H,6-10H2,1-5H3/t12?,13-,14-. The minimum atomic E-state index is 0.241.